The van der Waals surface area contributed by atoms with Gasteiger partial charge in [-0.1, -0.05) is 0 Å². The predicted molar refractivity (Wildman–Crippen MR) is 69.5 cm³/mol. The molecule has 1 heterocycles. The predicted octanol–water partition coefficient (Wildman–Crippen LogP) is 1.12. The highest BCUT2D eigenvalue weighted by Crippen LogP contribution is 2.23. The van der Waals surface area contributed by atoms with E-state index in [1.54, 1.807) is 7.11 Å². The van der Waals surface area contributed by atoms with Gasteiger partial charge in [0.05, 0.1) is 19.4 Å². The molecule has 2 rings (SSSR count). The lowest BCUT2D eigenvalue weighted by molar-refractivity contribution is 0.265. The summed E-state index contributed by atoms with van der Waals surface area (Å²) < 4.78 is 5.11. The second kappa shape index (κ2) is 5.66. The van der Waals surface area contributed by atoms with Crippen molar-refractivity contribution >= 4 is 0 Å². The number of rotatable bonds is 5. The van der Waals surface area contributed by atoms with Crippen LogP contribution in [-0.4, -0.2) is 35.6 Å². The van der Waals surface area contributed by atoms with Gasteiger partial charge in [-0.05, 0) is 30.3 Å². The van der Waals surface area contributed by atoms with E-state index in [0.29, 0.717) is 6.54 Å². The molecule has 1 unspecified atom stereocenters. The van der Waals surface area contributed by atoms with E-state index in [1.807, 2.05) is 30.3 Å². The molecule has 1 aromatic heterocycles. The lowest BCUT2D eigenvalue weighted by Gasteiger charge is -2.07. The molecule has 5 nitrogen and oxygen atoms in total. The molecule has 5 heteroatoms. The number of H-pyrrole nitrogens is 1. The molecular weight excluding hydrogens is 230 g/mol. The number of benzene rings is 1. The van der Waals surface area contributed by atoms with Gasteiger partial charge in [-0.25, -0.2) is 0 Å². The Hall–Kier alpha value is -1.85. The molecule has 0 saturated carbocycles. The Labute approximate surface area is 106 Å². The molecule has 4 N–H and O–H groups in total. The Balaban J connectivity index is 2.23. The lowest BCUT2D eigenvalue weighted by atomic mass is 10.1. The number of aromatic amines is 1. The minimum atomic E-state index is -0.0931. The molecule has 96 valence electrons. The van der Waals surface area contributed by atoms with Crippen LogP contribution in [0.3, 0.4) is 0 Å². The van der Waals surface area contributed by atoms with Crippen molar-refractivity contribution in [3.63, 3.8) is 0 Å². The van der Waals surface area contributed by atoms with Gasteiger partial charge in [-0.15, -0.1) is 0 Å². The SMILES string of the molecule is COc1ccc(-c2cc(C(CN)CO)[nH]n2)cc1. The Morgan fingerprint density at radius 2 is 2.11 bits per heavy atom. The number of methoxy groups -OCH3 is 1. The van der Waals surface area contributed by atoms with Crippen LogP contribution in [0.25, 0.3) is 11.3 Å². The fourth-order valence-electron chi connectivity index (χ4n) is 1.76. The molecule has 0 bridgehead atoms. The van der Waals surface area contributed by atoms with Crippen molar-refractivity contribution in [2.45, 2.75) is 5.92 Å². The van der Waals surface area contributed by atoms with Crippen LogP contribution >= 0.6 is 0 Å². The summed E-state index contributed by atoms with van der Waals surface area (Å²) in [6.45, 7) is 0.404. The maximum absolute atomic E-state index is 9.18. The summed E-state index contributed by atoms with van der Waals surface area (Å²) in [6.07, 6.45) is 0. The summed E-state index contributed by atoms with van der Waals surface area (Å²) >= 11 is 0. The Morgan fingerprint density at radius 3 is 2.67 bits per heavy atom. The summed E-state index contributed by atoms with van der Waals surface area (Å²) in [5, 5.41) is 16.3. The van der Waals surface area contributed by atoms with Gasteiger partial charge in [0.1, 0.15) is 5.75 Å². The number of ether oxygens (including phenoxy) is 1. The van der Waals surface area contributed by atoms with Gasteiger partial charge in [-0.2, -0.15) is 5.10 Å². The third-order valence-electron chi connectivity index (χ3n) is 2.93. The summed E-state index contributed by atoms with van der Waals surface area (Å²) in [4.78, 5) is 0. The molecule has 0 radical (unpaired) electrons. The normalized spacial score (nSPS) is 12.4. The molecule has 0 spiro atoms. The van der Waals surface area contributed by atoms with Crippen LogP contribution in [0.1, 0.15) is 11.6 Å². The fraction of sp³-hybridized carbons (Fsp3) is 0.308. The first kappa shape index (κ1) is 12.6. The fourth-order valence-corrected chi connectivity index (χ4v) is 1.76. The molecule has 1 aromatic carbocycles. The first-order chi connectivity index (χ1) is 8.78. The van der Waals surface area contributed by atoms with Gasteiger partial charge >= 0.3 is 0 Å². The number of nitrogens with zero attached hydrogens (tertiary/aromatic N) is 1. The molecule has 0 fully saturated rings. The van der Waals surface area contributed by atoms with Crippen LogP contribution in [0, 0.1) is 0 Å². The van der Waals surface area contributed by atoms with Gasteiger partial charge in [0.15, 0.2) is 0 Å². The molecule has 1 atom stereocenters. The lowest BCUT2D eigenvalue weighted by Crippen LogP contribution is -2.16. The third-order valence-corrected chi connectivity index (χ3v) is 2.93. The van der Waals surface area contributed by atoms with Gasteiger partial charge in [0.2, 0.25) is 0 Å². The number of nitrogens with two attached hydrogens (primary N) is 1. The van der Waals surface area contributed by atoms with Crippen LogP contribution in [0.15, 0.2) is 30.3 Å². The van der Waals surface area contributed by atoms with Crippen LogP contribution in [0.4, 0.5) is 0 Å². The van der Waals surface area contributed by atoms with Gasteiger partial charge in [-0.3, -0.25) is 5.10 Å². The monoisotopic (exact) mass is 247 g/mol. The molecule has 0 aliphatic rings. The minimum absolute atomic E-state index is 0.0146. The molecule has 18 heavy (non-hydrogen) atoms. The minimum Gasteiger partial charge on any atom is -0.497 e. The Bertz CT molecular complexity index is 489. The molecule has 0 aliphatic carbocycles. The summed E-state index contributed by atoms with van der Waals surface area (Å²) in [6, 6.07) is 9.56. The summed E-state index contributed by atoms with van der Waals surface area (Å²) in [7, 11) is 1.63. The topological polar surface area (TPSA) is 84.2 Å². The van der Waals surface area contributed by atoms with Crippen molar-refractivity contribution < 1.29 is 9.84 Å². The number of aromatic nitrogens is 2. The zero-order chi connectivity index (χ0) is 13.0. The molecule has 0 amide bonds. The van der Waals surface area contributed by atoms with E-state index in [4.69, 9.17) is 10.5 Å². The van der Waals surface area contributed by atoms with Crippen LogP contribution in [0.2, 0.25) is 0 Å². The van der Waals surface area contributed by atoms with Crippen LogP contribution in [-0.2, 0) is 0 Å². The highest BCUT2D eigenvalue weighted by molar-refractivity contribution is 5.60. The average molecular weight is 247 g/mol. The number of hydrogen-bond acceptors (Lipinski definition) is 4. The maximum atomic E-state index is 9.18. The van der Waals surface area contributed by atoms with Crippen molar-refractivity contribution in [1.82, 2.24) is 10.2 Å². The van der Waals surface area contributed by atoms with E-state index in [-0.39, 0.29) is 12.5 Å². The first-order valence-electron chi connectivity index (χ1n) is 5.79. The Morgan fingerprint density at radius 1 is 1.39 bits per heavy atom. The summed E-state index contributed by atoms with van der Waals surface area (Å²) in [5.41, 5.74) is 8.25. The quantitative estimate of drug-likeness (QED) is 0.739. The van der Waals surface area contributed by atoms with Gasteiger partial charge < -0.3 is 15.6 Å². The highest BCUT2D eigenvalue weighted by atomic mass is 16.5. The third kappa shape index (κ3) is 2.52. The van der Waals surface area contributed by atoms with Gasteiger partial charge in [0.25, 0.3) is 0 Å². The molecular formula is C13H17N3O2. The van der Waals surface area contributed by atoms with E-state index in [2.05, 4.69) is 10.2 Å². The van der Waals surface area contributed by atoms with Crippen molar-refractivity contribution in [2.75, 3.05) is 20.3 Å². The van der Waals surface area contributed by atoms with E-state index in [1.165, 1.54) is 0 Å². The van der Waals surface area contributed by atoms with Crippen LogP contribution in [0.5, 0.6) is 5.75 Å². The summed E-state index contributed by atoms with van der Waals surface area (Å²) in [5.74, 6) is 0.717. The molecule has 2 aromatic rings. The molecule has 0 aliphatic heterocycles. The van der Waals surface area contributed by atoms with Crippen molar-refractivity contribution in [1.29, 1.82) is 0 Å². The number of aliphatic hydroxyl groups is 1. The van der Waals surface area contributed by atoms with E-state index >= 15 is 0 Å². The second-order valence-corrected chi connectivity index (χ2v) is 4.05. The highest BCUT2D eigenvalue weighted by Gasteiger charge is 2.12. The van der Waals surface area contributed by atoms with Crippen molar-refractivity contribution in [2.24, 2.45) is 5.73 Å². The largest absolute Gasteiger partial charge is 0.497 e. The number of nitrogens with one attached hydrogen (secondary N) is 1. The van der Waals surface area contributed by atoms with Gasteiger partial charge in [0, 0.05) is 23.7 Å². The maximum Gasteiger partial charge on any atom is 0.118 e. The van der Waals surface area contributed by atoms with E-state index in [9.17, 15) is 5.11 Å². The standard InChI is InChI=1S/C13H17N3O2/c1-18-11-4-2-9(3-5-11)12-6-13(16-15-12)10(7-14)8-17/h2-6,10,17H,7-8,14H2,1H3,(H,15,16). The molecule has 0 saturated heterocycles. The van der Waals surface area contributed by atoms with E-state index in [0.717, 1.165) is 22.7 Å². The zero-order valence-corrected chi connectivity index (χ0v) is 10.3. The smallest absolute Gasteiger partial charge is 0.118 e. The zero-order valence-electron chi connectivity index (χ0n) is 10.3. The van der Waals surface area contributed by atoms with Crippen LogP contribution < -0.4 is 10.5 Å². The Kier molecular flexibility index (Phi) is 3.96. The first-order valence-corrected chi connectivity index (χ1v) is 5.79. The second-order valence-electron chi connectivity index (χ2n) is 4.05. The number of aliphatic hydroxyl groups excluding tert-OH is 1. The average Bonchev–Trinajstić information content (AvgIpc) is 2.90. The van der Waals surface area contributed by atoms with Crippen molar-refractivity contribution in [3.05, 3.63) is 36.0 Å². The number of hydrogen-bond donors (Lipinski definition) is 3. The van der Waals surface area contributed by atoms with E-state index < -0.39 is 0 Å². The van der Waals surface area contributed by atoms with Crippen molar-refractivity contribution in [3.8, 4) is 17.0 Å².